The molecule has 0 aliphatic carbocycles. The molecule has 0 unspecified atom stereocenters. The number of ether oxygens (including phenoxy) is 1. The molecule has 0 atom stereocenters. The third kappa shape index (κ3) is 4.55. The fourth-order valence-corrected chi connectivity index (χ4v) is 3.09. The molecule has 1 amide bonds. The van der Waals surface area contributed by atoms with E-state index in [0.29, 0.717) is 24.0 Å². The average molecular weight is 399 g/mol. The number of carbonyl (C=O) groups is 1. The van der Waals surface area contributed by atoms with Crippen molar-refractivity contribution in [3.05, 3.63) is 91.3 Å². The highest BCUT2D eigenvalue weighted by Crippen LogP contribution is 2.21. The summed E-state index contributed by atoms with van der Waals surface area (Å²) < 4.78 is 11.1. The molecule has 0 fully saturated rings. The molecule has 0 radical (unpaired) electrons. The molecule has 4 aromatic rings. The first-order valence-corrected chi connectivity index (χ1v) is 9.61. The van der Waals surface area contributed by atoms with Gasteiger partial charge in [-0.25, -0.2) is 0 Å². The Labute approximate surface area is 174 Å². The van der Waals surface area contributed by atoms with Crippen molar-refractivity contribution in [3.63, 3.8) is 0 Å². The van der Waals surface area contributed by atoms with Gasteiger partial charge in [-0.15, -0.1) is 6.58 Å². The van der Waals surface area contributed by atoms with Crippen molar-refractivity contribution in [1.82, 2.24) is 15.0 Å². The molecule has 0 saturated carbocycles. The number of fused-ring (bicyclic) bond motifs is 1. The molecule has 150 valence electrons. The van der Waals surface area contributed by atoms with E-state index in [1.165, 1.54) is 0 Å². The molecule has 0 N–H and O–H groups in total. The van der Waals surface area contributed by atoms with E-state index in [4.69, 9.17) is 9.26 Å². The van der Waals surface area contributed by atoms with Gasteiger partial charge in [0.15, 0.2) is 6.61 Å². The summed E-state index contributed by atoms with van der Waals surface area (Å²) in [7, 11) is 0. The highest BCUT2D eigenvalue weighted by atomic mass is 16.5. The van der Waals surface area contributed by atoms with Crippen LogP contribution < -0.4 is 4.74 Å². The van der Waals surface area contributed by atoms with E-state index in [1.54, 1.807) is 11.0 Å². The van der Waals surface area contributed by atoms with Crippen molar-refractivity contribution in [3.8, 4) is 17.1 Å². The van der Waals surface area contributed by atoms with Gasteiger partial charge in [0, 0.05) is 12.1 Å². The third-order valence-electron chi connectivity index (χ3n) is 4.61. The van der Waals surface area contributed by atoms with Crippen LogP contribution in [0.15, 0.2) is 90.0 Å². The van der Waals surface area contributed by atoms with Crippen LogP contribution >= 0.6 is 0 Å². The Morgan fingerprint density at radius 2 is 1.80 bits per heavy atom. The monoisotopic (exact) mass is 399 g/mol. The van der Waals surface area contributed by atoms with Crippen molar-refractivity contribution < 1.29 is 14.1 Å². The Balaban J connectivity index is 1.41. The van der Waals surface area contributed by atoms with Crippen LogP contribution in [-0.2, 0) is 11.3 Å². The molecule has 6 heteroatoms. The van der Waals surface area contributed by atoms with E-state index >= 15 is 0 Å². The largest absolute Gasteiger partial charge is 0.484 e. The maximum absolute atomic E-state index is 12.7. The van der Waals surface area contributed by atoms with Crippen LogP contribution in [0.4, 0.5) is 0 Å². The summed E-state index contributed by atoms with van der Waals surface area (Å²) in [6.45, 7) is 4.17. The van der Waals surface area contributed by atoms with Crippen LogP contribution in [0.25, 0.3) is 22.2 Å². The molecule has 4 rings (SSSR count). The van der Waals surface area contributed by atoms with Crippen LogP contribution in [0, 0.1) is 0 Å². The van der Waals surface area contributed by atoms with Gasteiger partial charge in [-0.3, -0.25) is 4.79 Å². The Morgan fingerprint density at radius 1 is 1.03 bits per heavy atom. The summed E-state index contributed by atoms with van der Waals surface area (Å²) in [5.74, 6) is 1.30. The zero-order chi connectivity index (χ0) is 20.8. The van der Waals surface area contributed by atoms with E-state index in [2.05, 4.69) is 16.7 Å². The van der Waals surface area contributed by atoms with Gasteiger partial charge >= 0.3 is 0 Å². The van der Waals surface area contributed by atoms with Gasteiger partial charge in [0.2, 0.25) is 11.7 Å². The predicted octanol–water partition coefficient (Wildman–Crippen LogP) is 4.48. The van der Waals surface area contributed by atoms with Crippen molar-refractivity contribution >= 4 is 16.7 Å². The molecule has 0 bridgehead atoms. The fourth-order valence-electron chi connectivity index (χ4n) is 3.09. The Morgan fingerprint density at radius 3 is 2.60 bits per heavy atom. The smallest absolute Gasteiger partial charge is 0.261 e. The third-order valence-corrected chi connectivity index (χ3v) is 4.61. The van der Waals surface area contributed by atoms with E-state index in [0.717, 1.165) is 16.3 Å². The predicted molar refractivity (Wildman–Crippen MR) is 115 cm³/mol. The minimum atomic E-state index is -0.192. The lowest BCUT2D eigenvalue weighted by molar-refractivity contribution is -0.133. The first-order chi connectivity index (χ1) is 14.7. The van der Waals surface area contributed by atoms with E-state index in [9.17, 15) is 4.79 Å². The number of rotatable bonds is 8. The molecule has 1 aromatic heterocycles. The molecular weight excluding hydrogens is 378 g/mol. The second kappa shape index (κ2) is 9.05. The van der Waals surface area contributed by atoms with Crippen LogP contribution in [0.5, 0.6) is 5.75 Å². The number of hydrogen-bond acceptors (Lipinski definition) is 5. The van der Waals surface area contributed by atoms with Crippen molar-refractivity contribution in [2.45, 2.75) is 6.54 Å². The van der Waals surface area contributed by atoms with Crippen molar-refractivity contribution in [2.24, 2.45) is 0 Å². The average Bonchev–Trinajstić information content (AvgIpc) is 3.26. The summed E-state index contributed by atoms with van der Waals surface area (Å²) in [5, 5.41) is 6.18. The standard InChI is InChI=1S/C24H21N3O3/c1-2-14-27(16-22-25-24(26-30-22)19-9-4-3-5-10-19)23(28)17-29-21-13-12-18-8-6-7-11-20(18)15-21/h2-13,15H,1,14,16-17H2. The molecule has 6 nitrogen and oxygen atoms in total. The van der Waals surface area contributed by atoms with Gasteiger partial charge in [0.1, 0.15) is 12.3 Å². The molecule has 0 spiro atoms. The number of amides is 1. The highest BCUT2D eigenvalue weighted by Gasteiger charge is 2.18. The summed E-state index contributed by atoms with van der Waals surface area (Å²) in [6, 6.07) is 23.3. The fraction of sp³-hybridized carbons (Fsp3) is 0.125. The SMILES string of the molecule is C=CCN(Cc1nc(-c2ccccc2)no1)C(=O)COc1ccc2ccccc2c1. The molecule has 0 saturated heterocycles. The highest BCUT2D eigenvalue weighted by molar-refractivity contribution is 5.84. The van der Waals surface area contributed by atoms with Gasteiger partial charge in [-0.2, -0.15) is 4.98 Å². The van der Waals surface area contributed by atoms with E-state index in [-0.39, 0.29) is 19.1 Å². The van der Waals surface area contributed by atoms with E-state index < -0.39 is 0 Å². The van der Waals surface area contributed by atoms with Gasteiger partial charge in [-0.05, 0) is 22.9 Å². The minimum Gasteiger partial charge on any atom is -0.484 e. The zero-order valence-corrected chi connectivity index (χ0v) is 16.4. The summed E-state index contributed by atoms with van der Waals surface area (Å²) in [6.07, 6.45) is 1.66. The lowest BCUT2D eigenvalue weighted by atomic mass is 10.1. The normalized spacial score (nSPS) is 10.7. The summed E-state index contributed by atoms with van der Waals surface area (Å²) in [4.78, 5) is 18.7. The Bertz CT molecular complexity index is 1150. The van der Waals surface area contributed by atoms with Crippen LogP contribution in [-0.4, -0.2) is 34.1 Å². The van der Waals surface area contributed by atoms with Crippen molar-refractivity contribution in [2.75, 3.05) is 13.2 Å². The quantitative estimate of drug-likeness (QED) is 0.409. The number of carbonyl (C=O) groups excluding carboxylic acids is 1. The van der Waals surface area contributed by atoms with Crippen LogP contribution in [0.2, 0.25) is 0 Å². The second-order valence-corrected chi connectivity index (χ2v) is 6.74. The number of nitrogens with zero attached hydrogens (tertiary/aromatic N) is 3. The van der Waals surface area contributed by atoms with Crippen molar-refractivity contribution in [1.29, 1.82) is 0 Å². The van der Waals surface area contributed by atoms with Crippen LogP contribution in [0.1, 0.15) is 5.89 Å². The molecule has 0 aliphatic rings. The van der Waals surface area contributed by atoms with Crippen LogP contribution in [0.3, 0.4) is 0 Å². The van der Waals surface area contributed by atoms with Gasteiger partial charge in [0.05, 0.1) is 0 Å². The topological polar surface area (TPSA) is 68.5 Å². The number of hydrogen-bond donors (Lipinski definition) is 0. The first-order valence-electron chi connectivity index (χ1n) is 9.61. The summed E-state index contributed by atoms with van der Waals surface area (Å²) >= 11 is 0. The number of aromatic nitrogens is 2. The first kappa shape index (κ1) is 19.4. The number of benzene rings is 3. The second-order valence-electron chi connectivity index (χ2n) is 6.74. The molecule has 0 aliphatic heterocycles. The molecule has 1 heterocycles. The van der Waals surface area contributed by atoms with E-state index in [1.807, 2.05) is 72.8 Å². The van der Waals surface area contributed by atoms with Gasteiger partial charge in [-0.1, -0.05) is 71.9 Å². The Hall–Kier alpha value is -3.93. The lowest BCUT2D eigenvalue weighted by Gasteiger charge is -2.19. The maximum atomic E-state index is 12.7. The van der Waals surface area contributed by atoms with Gasteiger partial charge < -0.3 is 14.2 Å². The molecule has 3 aromatic carbocycles. The maximum Gasteiger partial charge on any atom is 0.261 e. The zero-order valence-electron chi connectivity index (χ0n) is 16.4. The van der Waals surface area contributed by atoms with Gasteiger partial charge in [0.25, 0.3) is 5.91 Å². The Kier molecular flexibility index (Phi) is 5.85. The minimum absolute atomic E-state index is 0.0914. The summed E-state index contributed by atoms with van der Waals surface area (Å²) in [5.41, 5.74) is 0.855. The lowest BCUT2D eigenvalue weighted by Crippen LogP contribution is -2.34. The molecule has 30 heavy (non-hydrogen) atoms. The molecular formula is C24H21N3O3.